The molecule has 0 N–H and O–H groups in total. The topological polar surface area (TPSA) is 39.4 Å². The normalized spacial score (nSPS) is 18.0. The second-order valence-corrected chi connectivity index (χ2v) is 7.17. The maximum atomic E-state index is 5.87. The van der Waals surface area contributed by atoms with Crippen molar-refractivity contribution in [2.24, 2.45) is 4.99 Å². The molecule has 0 aliphatic carbocycles. The van der Waals surface area contributed by atoms with Crippen molar-refractivity contribution in [3.05, 3.63) is 64.5 Å². The van der Waals surface area contributed by atoms with Gasteiger partial charge in [0.1, 0.15) is 0 Å². The van der Waals surface area contributed by atoms with Gasteiger partial charge in [0.25, 0.3) is 0 Å². The number of benzene rings is 1. The van der Waals surface area contributed by atoms with Crippen molar-refractivity contribution in [2.45, 2.75) is 32.4 Å². The van der Waals surface area contributed by atoms with Crippen LogP contribution in [0, 0.1) is 6.92 Å². The Bertz CT molecular complexity index is 891. The first-order chi connectivity index (χ1) is 12.3. The lowest BCUT2D eigenvalue weighted by Crippen LogP contribution is -2.24. The summed E-state index contributed by atoms with van der Waals surface area (Å²) in [5, 5.41) is 2.19. The lowest BCUT2D eigenvalue weighted by atomic mass is 10.1. The smallest absolute Gasteiger partial charge is 0.190 e. The van der Waals surface area contributed by atoms with Crippen molar-refractivity contribution in [1.29, 1.82) is 0 Å². The zero-order valence-corrected chi connectivity index (χ0v) is 15.1. The number of aryl methyl sites for hydroxylation is 1. The minimum Gasteiger partial charge on any atom is -0.376 e. The number of rotatable bonds is 4. The molecule has 3 heterocycles. The van der Waals surface area contributed by atoms with Gasteiger partial charge in [0.2, 0.25) is 0 Å². The summed E-state index contributed by atoms with van der Waals surface area (Å²) >= 11 is 1.67. The Hall–Kier alpha value is -2.24. The van der Waals surface area contributed by atoms with E-state index >= 15 is 0 Å². The number of hydrogen-bond donors (Lipinski definition) is 0. The van der Waals surface area contributed by atoms with E-state index in [1.54, 1.807) is 23.7 Å². The van der Waals surface area contributed by atoms with Crippen LogP contribution in [-0.2, 0) is 11.3 Å². The molecule has 0 bridgehead atoms. The molecule has 4 nitrogen and oxygen atoms in total. The monoisotopic (exact) mass is 351 g/mol. The Balaban J connectivity index is 1.78. The highest BCUT2D eigenvalue weighted by molar-refractivity contribution is 7.07. The molecule has 1 unspecified atom stereocenters. The van der Waals surface area contributed by atoms with Crippen LogP contribution in [0.4, 0.5) is 5.69 Å². The van der Waals surface area contributed by atoms with E-state index in [1.807, 2.05) is 12.1 Å². The summed E-state index contributed by atoms with van der Waals surface area (Å²) in [6.07, 6.45) is 6.09. The first-order valence-electron chi connectivity index (χ1n) is 8.61. The molecule has 0 amide bonds. The van der Waals surface area contributed by atoms with Gasteiger partial charge in [-0.2, -0.15) is 0 Å². The SMILES string of the molecule is Cc1ccc(-c2csc(=Nc3cccnc3)n2CC2CCCO2)cc1. The predicted molar refractivity (Wildman–Crippen MR) is 101 cm³/mol. The number of ether oxygens (including phenoxy) is 1. The molecular weight excluding hydrogens is 330 g/mol. The average Bonchev–Trinajstić information content (AvgIpc) is 3.28. The molecule has 1 aliphatic rings. The molecule has 0 radical (unpaired) electrons. The molecular formula is C20H21N3OS. The van der Waals surface area contributed by atoms with E-state index in [9.17, 15) is 0 Å². The van der Waals surface area contributed by atoms with Crippen molar-refractivity contribution in [2.75, 3.05) is 6.61 Å². The molecule has 1 saturated heterocycles. The summed E-state index contributed by atoms with van der Waals surface area (Å²) in [7, 11) is 0. The summed E-state index contributed by atoms with van der Waals surface area (Å²) in [5.74, 6) is 0. The zero-order valence-electron chi connectivity index (χ0n) is 14.3. The van der Waals surface area contributed by atoms with Crippen LogP contribution in [0.1, 0.15) is 18.4 Å². The van der Waals surface area contributed by atoms with Crippen molar-refractivity contribution < 1.29 is 4.74 Å². The quantitative estimate of drug-likeness (QED) is 0.702. The van der Waals surface area contributed by atoms with Crippen LogP contribution in [0.15, 0.2) is 59.2 Å². The van der Waals surface area contributed by atoms with Gasteiger partial charge in [-0.1, -0.05) is 29.8 Å². The molecule has 5 heteroatoms. The fourth-order valence-corrected chi connectivity index (χ4v) is 4.01. The summed E-state index contributed by atoms with van der Waals surface area (Å²) in [6, 6.07) is 12.6. The van der Waals surface area contributed by atoms with E-state index in [0.717, 1.165) is 36.5 Å². The second kappa shape index (κ2) is 7.33. The first-order valence-corrected chi connectivity index (χ1v) is 9.49. The molecule has 128 valence electrons. The van der Waals surface area contributed by atoms with Gasteiger partial charge in [0, 0.05) is 18.2 Å². The van der Waals surface area contributed by atoms with Gasteiger partial charge in [-0.05, 0) is 37.5 Å². The summed E-state index contributed by atoms with van der Waals surface area (Å²) in [5.41, 5.74) is 4.56. The standard InChI is InChI=1S/C20H21N3OS/c1-15-6-8-16(9-7-15)19-14-25-20(22-17-4-2-10-21-12-17)23(19)13-18-5-3-11-24-18/h2,4,6-10,12,14,18H,3,5,11,13H2,1H3. The Labute approximate surface area is 151 Å². The molecule has 0 spiro atoms. The van der Waals surface area contributed by atoms with Gasteiger partial charge in [-0.3, -0.25) is 4.98 Å². The fourth-order valence-electron chi connectivity index (χ4n) is 3.07. The maximum Gasteiger partial charge on any atom is 0.190 e. The van der Waals surface area contributed by atoms with E-state index in [0.29, 0.717) is 0 Å². The van der Waals surface area contributed by atoms with E-state index < -0.39 is 0 Å². The minimum absolute atomic E-state index is 0.270. The van der Waals surface area contributed by atoms with E-state index in [-0.39, 0.29) is 6.10 Å². The van der Waals surface area contributed by atoms with Gasteiger partial charge in [0.05, 0.1) is 30.2 Å². The molecule has 1 aliphatic heterocycles. The maximum absolute atomic E-state index is 5.87. The molecule has 1 atom stereocenters. The summed E-state index contributed by atoms with van der Waals surface area (Å²) in [4.78, 5) is 9.96. The molecule has 4 rings (SSSR count). The summed E-state index contributed by atoms with van der Waals surface area (Å²) in [6.45, 7) is 3.82. The highest BCUT2D eigenvalue weighted by Gasteiger charge is 2.19. The Morgan fingerprint density at radius 1 is 1.28 bits per heavy atom. The Morgan fingerprint density at radius 3 is 2.88 bits per heavy atom. The fraction of sp³-hybridized carbons (Fsp3) is 0.300. The lowest BCUT2D eigenvalue weighted by molar-refractivity contribution is 0.0968. The minimum atomic E-state index is 0.270. The van der Waals surface area contributed by atoms with Gasteiger partial charge in [0.15, 0.2) is 4.80 Å². The summed E-state index contributed by atoms with van der Waals surface area (Å²) < 4.78 is 8.16. The lowest BCUT2D eigenvalue weighted by Gasteiger charge is -2.14. The van der Waals surface area contributed by atoms with Crippen LogP contribution < -0.4 is 4.80 Å². The van der Waals surface area contributed by atoms with Crippen LogP contribution in [-0.4, -0.2) is 22.3 Å². The van der Waals surface area contributed by atoms with E-state index in [2.05, 4.69) is 46.1 Å². The zero-order chi connectivity index (χ0) is 17.1. The first kappa shape index (κ1) is 16.2. The molecule has 1 fully saturated rings. The number of hydrogen-bond acceptors (Lipinski definition) is 4. The average molecular weight is 351 g/mol. The molecule has 25 heavy (non-hydrogen) atoms. The van der Waals surface area contributed by atoms with E-state index in [4.69, 9.17) is 9.73 Å². The number of aromatic nitrogens is 2. The van der Waals surface area contributed by atoms with Crippen molar-refractivity contribution in [1.82, 2.24) is 9.55 Å². The number of thiazole rings is 1. The van der Waals surface area contributed by atoms with Crippen molar-refractivity contribution in [3.8, 4) is 11.3 Å². The van der Waals surface area contributed by atoms with Crippen LogP contribution in [0.2, 0.25) is 0 Å². The highest BCUT2D eigenvalue weighted by atomic mass is 32.1. The third-order valence-corrected chi connectivity index (χ3v) is 5.29. The molecule has 0 saturated carbocycles. The predicted octanol–water partition coefficient (Wildman–Crippen LogP) is 4.33. The number of nitrogens with zero attached hydrogens (tertiary/aromatic N) is 3. The van der Waals surface area contributed by atoms with Gasteiger partial charge < -0.3 is 9.30 Å². The Morgan fingerprint density at radius 2 is 2.16 bits per heavy atom. The van der Waals surface area contributed by atoms with Gasteiger partial charge in [-0.25, -0.2) is 4.99 Å². The number of pyridine rings is 1. The van der Waals surface area contributed by atoms with Crippen LogP contribution >= 0.6 is 11.3 Å². The third-order valence-electron chi connectivity index (χ3n) is 4.43. The van der Waals surface area contributed by atoms with Crippen molar-refractivity contribution in [3.63, 3.8) is 0 Å². The Kier molecular flexibility index (Phi) is 4.76. The van der Waals surface area contributed by atoms with Gasteiger partial charge in [-0.15, -0.1) is 11.3 Å². The second-order valence-electron chi connectivity index (χ2n) is 6.34. The van der Waals surface area contributed by atoms with Crippen LogP contribution in [0.25, 0.3) is 11.3 Å². The largest absolute Gasteiger partial charge is 0.376 e. The van der Waals surface area contributed by atoms with Crippen LogP contribution in [0.5, 0.6) is 0 Å². The molecule has 1 aromatic carbocycles. The third kappa shape index (κ3) is 3.72. The van der Waals surface area contributed by atoms with Gasteiger partial charge >= 0.3 is 0 Å². The highest BCUT2D eigenvalue weighted by Crippen LogP contribution is 2.23. The van der Waals surface area contributed by atoms with Crippen molar-refractivity contribution >= 4 is 17.0 Å². The van der Waals surface area contributed by atoms with Crippen LogP contribution in [0.3, 0.4) is 0 Å². The molecule has 2 aromatic heterocycles. The molecule has 3 aromatic rings. The van der Waals surface area contributed by atoms with E-state index in [1.165, 1.54) is 16.8 Å².